The molecule has 0 bridgehead atoms. The van der Waals surface area contributed by atoms with Gasteiger partial charge in [0.25, 0.3) is 11.8 Å². The van der Waals surface area contributed by atoms with Gasteiger partial charge in [0.2, 0.25) is 0 Å². The maximum absolute atomic E-state index is 13.1. The number of rotatable bonds is 3. The van der Waals surface area contributed by atoms with Crippen molar-refractivity contribution in [3.63, 3.8) is 0 Å². The van der Waals surface area contributed by atoms with Gasteiger partial charge in [-0.05, 0) is 29.8 Å². The van der Waals surface area contributed by atoms with Crippen LogP contribution in [0.5, 0.6) is 0 Å². The van der Waals surface area contributed by atoms with Crippen molar-refractivity contribution in [2.45, 2.75) is 18.6 Å². The predicted molar refractivity (Wildman–Crippen MR) is 98.2 cm³/mol. The van der Waals surface area contributed by atoms with Gasteiger partial charge in [-0.2, -0.15) is 0 Å². The molecule has 2 aliphatic rings. The highest BCUT2D eigenvalue weighted by molar-refractivity contribution is 5.95. The minimum atomic E-state index is -0.129. The fourth-order valence-corrected chi connectivity index (χ4v) is 4.20. The van der Waals surface area contributed by atoms with Crippen molar-refractivity contribution in [1.29, 1.82) is 0 Å². The first-order valence-electron chi connectivity index (χ1n) is 9.07. The molecule has 27 heavy (non-hydrogen) atoms. The summed E-state index contributed by atoms with van der Waals surface area (Å²) in [5.41, 5.74) is 1.76. The van der Waals surface area contributed by atoms with E-state index < -0.39 is 0 Å². The molecule has 1 fully saturated rings. The third-order valence-corrected chi connectivity index (χ3v) is 5.49. The van der Waals surface area contributed by atoms with Crippen LogP contribution in [0.3, 0.4) is 0 Å². The normalized spacial score (nSPS) is 21.3. The van der Waals surface area contributed by atoms with E-state index in [1.807, 2.05) is 58.1 Å². The van der Waals surface area contributed by atoms with Gasteiger partial charge in [0.15, 0.2) is 5.76 Å². The lowest BCUT2D eigenvalue weighted by Gasteiger charge is -2.38. The van der Waals surface area contributed by atoms with Crippen molar-refractivity contribution in [2.24, 2.45) is 0 Å². The number of nitrogens with zero attached hydrogens (tertiary/aromatic N) is 3. The number of carbonyl (C=O) groups excluding carboxylic acids is 2. The van der Waals surface area contributed by atoms with Crippen LogP contribution < -0.4 is 0 Å². The van der Waals surface area contributed by atoms with E-state index in [0.29, 0.717) is 31.1 Å². The molecule has 2 aliphatic heterocycles. The lowest BCUT2D eigenvalue weighted by Crippen LogP contribution is -2.49. The number of carbonyl (C=O) groups is 2. The summed E-state index contributed by atoms with van der Waals surface area (Å²) in [4.78, 5) is 29.6. The number of hydrogen-bond acceptors (Lipinski definition) is 3. The monoisotopic (exact) mass is 361 g/mol. The Bertz CT molecular complexity index is 977. The lowest BCUT2D eigenvalue weighted by molar-refractivity contribution is 0.0549. The Morgan fingerprint density at radius 2 is 1.81 bits per heavy atom. The van der Waals surface area contributed by atoms with Crippen molar-refractivity contribution in [1.82, 2.24) is 14.4 Å². The highest BCUT2D eigenvalue weighted by atomic mass is 16.3. The van der Waals surface area contributed by atoms with E-state index in [-0.39, 0.29) is 23.9 Å². The van der Waals surface area contributed by atoms with Gasteiger partial charge in [-0.25, -0.2) is 0 Å². The molecule has 0 N–H and O–H groups in total. The number of aromatic nitrogens is 1. The molecule has 5 rings (SSSR count). The SMILES string of the molecule is O=C(c1ccco1)N1C[C@@H]2[C@@H](C1)n1cccc1C(=O)N2Cc1ccccc1. The summed E-state index contributed by atoms with van der Waals surface area (Å²) in [6.07, 6.45) is 3.44. The van der Waals surface area contributed by atoms with Crippen molar-refractivity contribution in [2.75, 3.05) is 13.1 Å². The van der Waals surface area contributed by atoms with E-state index in [1.165, 1.54) is 6.26 Å². The fourth-order valence-electron chi connectivity index (χ4n) is 4.20. The van der Waals surface area contributed by atoms with Crippen molar-refractivity contribution in [3.8, 4) is 0 Å². The Morgan fingerprint density at radius 1 is 1.00 bits per heavy atom. The van der Waals surface area contributed by atoms with Crippen LogP contribution in [0.1, 0.15) is 32.6 Å². The second kappa shape index (κ2) is 6.16. The summed E-state index contributed by atoms with van der Waals surface area (Å²) in [7, 11) is 0. The zero-order valence-corrected chi connectivity index (χ0v) is 14.7. The quantitative estimate of drug-likeness (QED) is 0.721. The maximum Gasteiger partial charge on any atom is 0.289 e. The molecular weight excluding hydrogens is 342 g/mol. The Labute approximate surface area is 156 Å². The molecule has 6 nitrogen and oxygen atoms in total. The van der Waals surface area contributed by atoms with Gasteiger partial charge in [-0.15, -0.1) is 0 Å². The number of furan rings is 1. The molecule has 1 saturated heterocycles. The number of fused-ring (bicyclic) bond motifs is 3. The van der Waals surface area contributed by atoms with Gasteiger partial charge in [0.1, 0.15) is 5.69 Å². The molecule has 0 radical (unpaired) electrons. The average Bonchev–Trinajstić information content (AvgIpc) is 3.45. The van der Waals surface area contributed by atoms with Gasteiger partial charge < -0.3 is 18.8 Å². The first-order chi connectivity index (χ1) is 13.2. The largest absolute Gasteiger partial charge is 0.459 e. The first kappa shape index (κ1) is 15.9. The Kier molecular flexibility index (Phi) is 3.63. The zero-order chi connectivity index (χ0) is 18.4. The van der Waals surface area contributed by atoms with Gasteiger partial charge in [-0.1, -0.05) is 30.3 Å². The smallest absolute Gasteiger partial charge is 0.289 e. The van der Waals surface area contributed by atoms with Crippen LogP contribution in [0.15, 0.2) is 71.5 Å². The summed E-state index contributed by atoms with van der Waals surface area (Å²) in [6.45, 7) is 1.60. The predicted octanol–water partition coefficient (Wildman–Crippen LogP) is 2.80. The first-order valence-corrected chi connectivity index (χ1v) is 9.07. The molecule has 6 heteroatoms. The van der Waals surface area contributed by atoms with Crippen LogP contribution in [0.2, 0.25) is 0 Å². The van der Waals surface area contributed by atoms with Gasteiger partial charge in [0.05, 0.1) is 18.3 Å². The van der Waals surface area contributed by atoms with E-state index in [4.69, 9.17) is 4.42 Å². The zero-order valence-electron chi connectivity index (χ0n) is 14.7. The molecule has 2 amide bonds. The standard InChI is InChI=1S/C21H19N3O3/c25-20-16-8-4-10-23(16)17-13-22(21(26)19-9-5-11-27-19)14-18(17)24(20)12-15-6-2-1-3-7-15/h1-11,17-18H,12-14H2/t17-,18-/m1/s1. The number of likely N-dealkylation sites (tertiary alicyclic amines) is 1. The molecule has 0 unspecified atom stereocenters. The Hall–Kier alpha value is -3.28. The second-order valence-corrected chi connectivity index (χ2v) is 7.04. The maximum atomic E-state index is 13.1. The fraction of sp³-hybridized carbons (Fsp3) is 0.238. The summed E-state index contributed by atoms with van der Waals surface area (Å²) in [5.74, 6) is 0.218. The third kappa shape index (κ3) is 2.56. The van der Waals surface area contributed by atoms with Crippen LogP contribution in [0.4, 0.5) is 0 Å². The van der Waals surface area contributed by atoms with Crippen molar-refractivity contribution < 1.29 is 14.0 Å². The van der Waals surface area contributed by atoms with E-state index in [0.717, 1.165) is 5.56 Å². The molecule has 1 aromatic carbocycles. The molecule has 0 spiro atoms. The summed E-state index contributed by atoms with van der Waals surface area (Å²) >= 11 is 0. The molecule has 2 aromatic heterocycles. The summed E-state index contributed by atoms with van der Waals surface area (Å²) in [6, 6.07) is 17.1. The van der Waals surface area contributed by atoms with Crippen LogP contribution in [-0.4, -0.2) is 45.3 Å². The molecular formula is C21H19N3O3. The van der Waals surface area contributed by atoms with Crippen LogP contribution in [-0.2, 0) is 6.54 Å². The minimum Gasteiger partial charge on any atom is -0.459 e. The highest BCUT2D eigenvalue weighted by Gasteiger charge is 2.46. The number of hydrogen-bond donors (Lipinski definition) is 0. The molecule has 2 atom stereocenters. The topological polar surface area (TPSA) is 58.7 Å². The molecule has 0 aliphatic carbocycles. The minimum absolute atomic E-state index is 0.0115. The van der Waals surface area contributed by atoms with E-state index >= 15 is 0 Å². The van der Waals surface area contributed by atoms with Crippen LogP contribution in [0, 0.1) is 0 Å². The lowest BCUT2D eigenvalue weighted by atomic mass is 10.0. The molecule has 0 saturated carbocycles. The van der Waals surface area contributed by atoms with Crippen LogP contribution in [0.25, 0.3) is 0 Å². The average molecular weight is 361 g/mol. The van der Waals surface area contributed by atoms with Crippen LogP contribution >= 0.6 is 0 Å². The molecule has 3 aromatic rings. The third-order valence-electron chi connectivity index (χ3n) is 5.49. The number of amides is 2. The molecule has 4 heterocycles. The number of benzene rings is 1. The Balaban J connectivity index is 1.48. The molecule has 136 valence electrons. The van der Waals surface area contributed by atoms with Gasteiger partial charge in [-0.3, -0.25) is 9.59 Å². The Morgan fingerprint density at radius 3 is 2.59 bits per heavy atom. The van der Waals surface area contributed by atoms with Crippen molar-refractivity contribution >= 4 is 11.8 Å². The summed E-state index contributed by atoms with van der Waals surface area (Å²) < 4.78 is 7.30. The second-order valence-electron chi connectivity index (χ2n) is 7.04. The summed E-state index contributed by atoms with van der Waals surface area (Å²) in [5, 5.41) is 0. The van der Waals surface area contributed by atoms with E-state index in [2.05, 4.69) is 0 Å². The van der Waals surface area contributed by atoms with Gasteiger partial charge in [0, 0.05) is 25.8 Å². The van der Waals surface area contributed by atoms with Gasteiger partial charge >= 0.3 is 0 Å². The van der Waals surface area contributed by atoms with E-state index in [9.17, 15) is 9.59 Å². The highest BCUT2D eigenvalue weighted by Crippen LogP contribution is 2.35. The van der Waals surface area contributed by atoms with Crippen molar-refractivity contribution in [3.05, 3.63) is 84.1 Å². The van der Waals surface area contributed by atoms with E-state index in [1.54, 1.807) is 17.0 Å².